The van der Waals surface area contributed by atoms with Crippen LogP contribution in [-0.2, 0) is 11.3 Å². The van der Waals surface area contributed by atoms with Crippen LogP contribution in [-0.4, -0.2) is 26.0 Å². The second kappa shape index (κ2) is 7.81. The number of benzene rings is 1. The van der Waals surface area contributed by atoms with E-state index in [9.17, 15) is 4.79 Å². The van der Waals surface area contributed by atoms with E-state index in [0.717, 1.165) is 39.0 Å². The SMILES string of the molecule is C=C(OC)c1ccc(-c2cncc3c(=O)n(Cc4cn5cc(C)ccc5n4)ccc23)cc1. The highest BCUT2D eigenvalue weighted by atomic mass is 16.5. The molecule has 5 aromatic rings. The third kappa shape index (κ3) is 3.46. The first kappa shape index (κ1) is 19.8. The van der Waals surface area contributed by atoms with Gasteiger partial charge in [0.1, 0.15) is 11.4 Å². The number of hydrogen-bond donors (Lipinski definition) is 0. The van der Waals surface area contributed by atoms with Crippen LogP contribution in [0.5, 0.6) is 0 Å². The Bertz CT molecular complexity index is 1530. The Hall–Kier alpha value is -4.19. The molecule has 5 rings (SSSR count). The fourth-order valence-corrected chi connectivity index (χ4v) is 3.92. The number of aromatic nitrogens is 4. The molecule has 1 aromatic carbocycles. The van der Waals surface area contributed by atoms with Gasteiger partial charge in [0.15, 0.2) is 0 Å². The van der Waals surface area contributed by atoms with Gasteiger partial charge in [0.25, 0.3) is 5.56 Å². The second-order valence-electron chi connectivity index (χ2n) is 7.81. The van der Waals surface area contributed by atoms with Crippen molar-refractivity contribution in [2.24, 2.45) is 0 Å². The molecule has 6 nitrogen and oxygen atoms in total. The van der Waals surface area contributed by atoms with Crippen molar-refractivity contribution in [3.63, 3.8) is 0 Å². The summed E-state index contributed by atoms with van der Waals surface area (Å²) in [7, 11) is 1.60. The van der Waals surface area contributed by atoms with Gasteiger partial charge in [-0.25, -0.2) is 4.98 Å². The molecular formula is C26H22N4O2. The quantitative estimate of drug-likeness (QED) is 0.386. The molecule has 0 bridgehead atoms. The minimum absolute atomic E-state index is 0.0885. The average molecular weight is 422 g/mol. The number of fused-ring (bicyclic) bond motifs is 2. The number of pyridine rings is 3. The monoisotopic (exact) mass is 422 g/mol. The smallest absolute Gasteiger partial charge is 0.260 e. The van der Waals surface area contributed by atoms with Crippen LogP contribution in [0, 0.1) is 6.92 Å². The molecule has 0 aliphatic carbocycles. The van der Waals surface area contributed by atoms with Crippen LogP contribution in [0.4, 0.5) is 0 Å². The predicted octanol–water partition coefficient (Wildman–Crippen LogP) is 4.69. The van der Waals surface area contributed by atoms with E-state index in [1.165, 1.54) is 0 Å². The predicted molar refractivity (Wildman–Crippen MR) is 127 cm³/mol. The van der Waals surface area contributed by atoms with Gasteiger partial charge in [-0.1, -0.05) is 36.9 Å². The van der Waals surface area contributed by atoms with Crippen molar-refractivity contribution < 1.29 is 4.74 Å². The summed E-state index contributed by atoms with van der Waals surface area (Å²) in [5, 5.41) is 1.44. The lowest BCUT2D eigenvalue weighted by molar-refractivity contribution is 0.371. The minimum atomic E-state index is -0.0885. The lowest BCUT2D eigenvalue weighted by Crippen LogP contribution is -2.20. The molecule has 0 atom stereocenters. The Balaban J connectivity index is 1.53. The number of aryl methyl sites for hydroxylation is 1. The van der Waals surface area contributed by atoms with Gasteiger partial charge in [-0.05, 0) is 35.6 Å². The zero-order chi connectivity index (χ0) is 22.2. The van der Waals surface area contributed by atoms with Crippen LogP contribution < -0.4 is 5.56 Å². The molecule has 0 spiro atoms. The van der Waals surface area contributed by atoms with Crippen molar-refractivity contribution in [2.75, 3.05) is 7.11 Å². The number of nitrogens with zero attached hydrogens (tertiary/aromatic N) is 4. The van der Waals surface area contributed by atoms with E-state index in [2.05, 4.69) is 16.5 Å². The zero-order valence-electron chi connectivity index (χ0n) is 17.9. The Morgan fingerprint density at radius 2 is 1.84 bits per heavy atom. The van der Waals surface area contributed by atoms with Crippen molar-refractivity contribution in [1.82, 2.24) is 18.9 Å². The van der Waals surface area contributed by atoms with Crippen LogP contribution in [0.15, 0.2) is 84.8 Å². The van der Waals surface area contributed by atoms with E-state index >= 15 is 0 Å². The minimum Gasteiger partial charge on any atom is -0.497 e. The van der Waals surface area contributed by atoms with E-state index in [1.807, 2.05) is 72.4 Å². The van der Waals surface area contributed by atoms with Crippen molar-refractivity contribution >= 4 is 22.2 Å². The standard InChI is InChI=1S/C26H22N4O2/c1-17-4-9-25-28-21(16-30(25)14-17)15-29-11-10-22-23(12-27-13-24(22)26(29)31)20-7-5-19(6-8-20)18(2)32-3/h4-14,16H,2,15H2,1,3H3. The Kier molecular flexibility index (Phi) is 4.82. The fourth-order valence-electron chi connectivity index (χ4n) is 3.92. The summed E-state index contributed by atoms with van der Waals surface area (Å²) in [5.41, 5.74) is 5.55. The first-order chi connectivity index (χ1) is 15.5. The van der Waals surface area contributed by atoms with E-state index < -0.39 is 0 Å². The van der Waals surface area contributed by atoms with Gasteiger partial charge in [-0.15, -0.1) is 0 Å². The maximum atomic E-state index is 13.2. The highest BCUT2D eigenvalue weighted by Gasteiger charge is 2.11. The lowest BCUT2D eigenvalue weighted by Gasteiger charge is -2.10. The van der Waals surface area contributed by atoms with Crippen molar-refractivity contribution in [2.45, 2.75) is 13.5 Å². The van der Waals surface area contributed by atoms with Gasteiger partial charge >= 0.3 is 0 Å². The molecule has 0 aliphatic rings. The van der Waals surface area contributed by atoms with Gasteiger partial charge in [0, 0.05) is 42.1 Å². The highest BCUT2D eigenvalue weighted by Crippen LogP contribution is 2.27. The summed E-state index contributed by atoms with van der Waals surface area (Å²) in [6.45, 7) is 6.32. The van der Waals surface area contributed by atoms with Crippen LogP contribution in [0.3, 0.4) is 0 Å². The van der Waals surface area contributed by atoms with Crippen LogP contribution >= 0.6 is 0 Å². The van der Waals surface area contributed by atoms with Gasteiger partial charge in [-0.2, -0.15) is 0 Å². The largest absolute Gasteiger partial charge is 0.497 e. The molecule has 0 fully saturated rings. The summed E-state index contributed by atoms with van der Waals surface area (Å²) in [4.78, 5) is 22.2. The molecule has 0 amide bonds. The van der Waals surface area contributed by atoms with Gasteiger partial charge in [-0.3, -0.25) is 9.78 Å². The Morgan fingerprint density at radius 1 is 1.03 bits per heavy atom. The molecule has 32 heavy (non-hydrogen) atoms. The van der Waals surface area contributed by atoms with Crippen LogP contribution in [0.25, 0.3) is 33.3 Å². The van der Waals surface area contributed by atoms with Crippen LogP contribution in [0.1, 0.15) is 16.8 Å². The third-order valence-corrected chi connectivity index (χ3v) is 5.65. The van der Waals surface area contributed by atoms with Gasteiger partial charge < -0.3 is 13.7 Å². The molecule has 0 aliphatic heterocycles. The molecule has 6 heteroatoms. The maximum absolute atomic E-state index is 13.2. The van der Waals surface area contributed by atoms with E-state index in [1.54, 1.807) is 24.1 Å². The summed E-state index contributed by atoms with van der Waals surface area (Å²) < 4.78 is 8.86. The molecule has 0 unspecified atom stereocenters. The average Bonchev–Trinajstić information content (AvgIpc) is 3.21. The first-order valence-electron chi connectivity index (χ1n) is 10.3. The lowest BCUT2D eigenvalue weighted by atomic mass is 10.0. The highest BCUT2D eigenvalue weighted by molar-refractivity contribution is 5.95. The van der Waals surface area contributed by atoms with E-state index in [0.29, 0.717) is 17.7 Å². The van der Waals surface area contributed by atoms with Gasteiger partial charge in [0.05, 0.1) is 24.7 Å². The molecule has 0 N–H and O–H groups in total. The molecule has 4 heterocycles. The third-order valence-electron chi connectivity index (χ3n) is 5.65. The molecule has 0 saturated carbocycles. The second-order valence-corrected chi connectivity index (χ2v) is 7.81. The number of rotatable bonds is 5. The van der Waals surface area contributed by atoms with E-state index in [4.69, 9.17) is 4.74 Å². The fraction of sp³-hybridized carbons (Fsp3) is 0.115. The van der Waals surface area contributed by atoms with Gasteiger partial charge in [0.2, 0.25) is 0 Å². The molecule has 0 radical (unpaired) electrons. The Morgan fingerprint density at radius 3 is 2.62 bits per heavy atom. The van der Waals surface area contributed by atoms with Crippen molar-refractivity contribution in [1.29, 1.82) is 0 Å². The van der Waals surface area contributed by atoms with Crippen LogP contribution in [0.2, 0.25) is 0 Å². The zero-order valence-corrected chi connectivity index (χ0v) is 17.9. The number of imidazole rings is 1. The summed E-state index contributed by atoms with van der Waals surface area (Å²) >= 11 is 0. The summed E-state index contributed by atoms with van der Waals surface area (Å²) in [6, 6.07) is 13.8. The first-order valence-corrected chi connectivity index (χ1v) is 10.3. The normalized spacial score (nSPS) is 11.2. The topological polar surface area (TPSA) is 61.4 Å². The number of hydrogen-bond acceptors (Lipinski definition) is 4. The number of methoxy groups -OCH3 is 1. The van der Waals surface area contributed by atoms with Crippen molar-refractivity contribution in [3.05, 3.63) is 107 Å². The van der Waals surface area contributed by atoms with E-state index in [-0.39, 0.29) is 5.56 Å². The molecule has 158 valence electrons. The molecule has 0 saturated heterocycles. The Labute approximate surface area is 185 Å². The number of ether oxygens (including phenoxy) is 1. The maximum Gasteiger partial charge on any atom is 0.260 e. The summed E-state index contributed by atoms with van der Waals surface area (Å²) in [5.74, 6) is 0.609. The molecular weight excluding hydrogens is 400 g/mol. The van der Waals surface area contributed by atoms with Crippen molar-refractivity contribution in [3.8, 4) is 11.1 Å². The summed E-state index contributed by atoms with van der Waals surface area (Å²) in [6.07, 6.45) is 9.23. The molecule has 4 aromatic heterocycles.